The van der Waals surface area contributed by atoms with Crippen LogP contribution in [-0.2, 0) is 9.59 Å². The number of anilines is 1. The summed E-state index contributed by atoms with van der Waals surface area (Å²) in [7, 11) is 0. The number of amides is 1. The smallest absolute Gasteiger partial charge is 0.306 e. The van der Waals surface area contributed by atoms with Gasteiger partial charge in [0, 0.05) is 12.1 Å². The molecular formula is C14H16F2N2O4. The first-order chi connectivity index (χ1) is 10.5. The quantitative estimate of drug-likeness (QED) is 0.840. The number of carboxylic acids is 1. The summed E-state index contributed by atoms with van der Waals surface area (Å²) in [6.45, 7) is -0.815. The average molecular weight is 314 g/mol. The van der Waals surface area contributed by atoms with E-state index in [1.807, 2.05) is 0 Å². The largest absolute Gasteiger partial charge is 0.481 e. The van der Waals surface area contributed by atoms with Gasteiger partial charge in [-0.05, 0) is 31.4 Å². The molecule has 1 aromatic heterocycles. The lowest BCUT2D eigenvalue weighted by Gasteiger charge is -2.13. The number of pyridine rings is 1. The van der Waals surface area contributed by atoms with Crippen molar-refractivity contribution in [2.75, 3.05) is 11.9 Å². The number of aliphatic carboxylic acids is 1. The first-order valence-corrected chi connectivity index (χ1v) is 6.87. The Kier molecular flexibility index (Phi) is 5.24. The summed E-state index contributed by atoms with van der Waals surface area (Å²) in [5, 5.41) is 11.5. The maximum absolute atomic E-state index is 12.2. The minimum absolute atomic E-state index is 0.0797. The molecule has 120 valence electrons. The number of carboxylic acid groups (broad SMARTS) is 1. The molecule has 0 radical (unpaired) electrons. The summed E-state index contributed by atoms with van der Waals surface area (Å²) >= 11 is 0. The molecule has 2 rings (SSSR count). The fourth-order valence-electron chi connectivity index (χ4n) is 2.42. The SMILES string of the molecule is O=C(O)[C@@H]1CC[C@H](C(=O)Nc2cccnc2OCC(F)F)C1. The topological polar surface area (TPSA) is 88.5 Å². The van der Waals surface area contributed by atoms with Crippen LogP contribution < -0.4 is 10.1 Å². The molecule has 2 N–H and O–H groups in total. The first kappa shape index (κ1) is 16.1. The molecule has 1 amide bonds. The Labute approximate surface area is 125 Å². The number of hydrogen-bond acceptors (Lipinski definition) is 4. The van der Waals surface area contributed by atoms with Crippen LogP contribution in [0.25, 0.3) is 0 Å². The number of ether oxygens (including phenoxy) is 1. The highest BCUT2D eigenvalue weighted by molar-refractivity contribution is 5.94. The molecule has 0 unspecified atom stereocenters. The first-order valence-electron chi connectivity index (χ1n) is 6.87. The van der Waals surface area contributed by atoms with Gasteiger partial charge in [-0.15, -0.1) is 0 Å². The van der Waals surface area contributed by atoms with Gasteiger partial charge in [0.15, 0.2) is 6.61 Å². The van der Waals surface area contributed by atoms with Crippen LogP contribution >= 0.6 is 0 Å². The Morgan fingerprint density at radius 2 is 2.14 bits per heavy atom. The van der Waals surface area contributed by atoms with Crippen LogP contribution in [0.3, 0.4) is 0 Å². The number of alkyl halides is 2. The van der Waals surface area contributed by atoms with E-state index in [0.29, 0.717) is 12.8 Å². The molecular weight excluding hydrogens is 298 g/mol. The second-order valence-corrected chi connectivity index (χ2v) is 5.09. The van der Waals surface area contributed by atoms with Gasteiger partial charge in [0.1, 0.15) is 5.69 Å². The van der Waals surface area contributed by atoms with Crippen molar-refractivity contribution in [2.45, 2.75) is 25.7 Å². The Morgan fingerprint density at radius 1 is 1.41 bits per heavy atom. The van der Waals surface area contributed by atoms with E-state index in [0.717, 1.165) is 0 Å². The van der Waals surface area contributed by atoms with Crippen molar-refractivity contribution in [1.29, 1.82) is 0 Å². The lowest BCUT2D eigenvalue weighted by atomic mass is 10.0. The molecule has 1 heterocycles. The number of rotatable bonds is 6. The van der Waals surface area contributed by atoms with Crippen LogP contribution in [0.1, 0.15) is 19.3 Å². The molecule has 1 aromatic rings. The summed E-state index contributed by atoms with van der Waals surface area (Å²) in [4.78, 5) is 26.8. The van der Waals surface area contributed by atoms with Gasteiger partial charge in [0.2, 0.25) is 11.8 Å². The maximum atomic E-state index is 12.2. The minimum atomic E-state index is -2.64. The highest BCUT2D eigenvalue weighted by atomic mass is 19.3. The lowest BCUT2D eigenvalue weighted by Crippen LogP contribution is -2.22. The summed E-state index contributed by atoms with van der Waals surface area (Å²) in [5.41, 5.74) is 0.201. The molecule has 0 aromatic carbocycles. The van der Waals surface area contributed by atoms with E-state index in [1.165, 1.54) is 12.3 Å². The molecule has 1 aliphatic carbocycles. The summed E-state index contributed by atoms with van der Waals surface area (Å²) < 4.78 is 29.2. The second kappa shape index (κ2) is 7.15. The van der Waals surface area contributed by atoms with Crippen molar-refractivity contribution in [3.63, 3.8) is 0 Å². The van der Waals surface area contributed by atoms with Crippen molar-refractivity contribution in [3.05, 3.63) is 18.3 Å². The van der Waals surface area contributed by atoms with Gasteiger partial charge in [-0.1, -0.05) is 0 Å². The molecule has 22 heavy (non-hydrogen) atoms. The lowest BCUT2D eigenvalue weighted by molar-refractivity contribution is -0.141. The predicted molar refractivity (Wildman–Crippen MR) is 72.8 cm³/mol. The molecule has 0 bridgehead atoms. The van der Waals surface area contributed by atoms with Crippen molar-refractivity contribution >= 4 is 17.6 Å². The van der Waals surface area contributed by atoms with Gasteiger partial charge < -0.3 is 15.2 Å². The van der Waals surface area contributed by atoms with Crippen LogP contribution in [0, 0.1) is 11.8 Å². The van der Waals surface area contributed by atoms with E-state index >= 15 is 0 Å². The Morgan fingerprint density at radius 3 is 2.77 bits per heavy atom. The molecule has 0 spiro atoms. The third-order valence-corrected chi connectivity index (χ3v) is 3.53. The molecule has 2 atom stereocenters. The third-order valence-electron chi connectivity index (χ3n) is 3.53. The molecule has 6 nitrogen and oxygen atoms in total. The Hall–Kier alpha value is -2.25. The van der Waals surface area contributed by atoms with Gasteiger partial charge >= 0.3 is 5.97 Å². The highest BCUT2D eigenvalue weighted by Gasteiger charge is 2.34. The maximum Gasteiger partial charge on any atom is 0.306 e. The van der Waals surface area contributed by atoms with E-state index in [1.54, 1.807) is 6.07 Å². The van der Waals surface area contributed by atoms with Crippen LogP contribution in [0.5, 0.6) is 5.88 Å². The van der Waals surface area contributed by atoms with Gasteiger partial charge in [-0.3, -0.25) is 9.59 Å². The standard InChI is InChI=1S/C14H16F2N2O4/c15-11(16)7-22-13-10(2-1-5-17-13)18-12(19)8-3-4-9(6-8)14(20)21/h1-2,5,8-9,11H,3-4,6-7H2,(H,18,19)(H,20,21)/t8-,9+/m0/s1. The van der Waals surface area contributed by atoms with Crippen LogP contribution in [0.2, 0.25) is 0 Å². The zero-order valence-electron chi connectivity index (χ0n) is 11.7. The Balaban J connectivity index is 1.98. The summed E-state index contributed by atoms with van der Waals surface area (Å²) in [6, 6.07) is 3.04. The normalized spacial score (nSPS) is 20.9. The van der Waals surface area contributed by atoms with E-state index in [4.69, 9.17) is 9.84 Å². The van der Waals surface area contributed by atoms with E-state index in [2.05, 4.69) is 10.3 Å². The number of nitrogens with one attached hydrogen (secondary N) is 1. The van der Waals surface area contributed by atoms with Crippen molar-refractivity contribution in [1.82, 2.24) is 4.98 Å². The van der Waals surface area contributed by atoms with E-state index in [9.17, 15) is 18.4 Å². The predicted octanol–water partition coefficient (Wildman–Crippen LogP) is 2.16. The van der Waals surface area contributed by atoms with Crippen molar-refractivity contribution < 1.29 is 28.2 Å². The number of hydrogen-bond donors (Lipinski definition) is 2. The number of nitrogens with zero attached hydrogens (tertiary/aromatic N) is 1. The monoisotopic (exact) mass is 314 g/mol. The van der Waals surface area contributed by atoms with Crippen molar-refractivity contribution in [3.8, 4) is 5.88 Å². The zero-order chi connectivity index (χ0) is 16.1. The van der Waals surface area contributed by atoms with Gasteiger partial charge in [-0.2, -0.15) is 0 Å². The summed E-state index contributed by atoms with van der Waals surface area (Å²) in [6.07, 6.45) is -0.0659. The molecule has 1 saturated carbocycles. The number of aromatic nitrogens is 1. The zero-order valence-corrected chi connectivity index (χ0v) is 11.7. The van der Waals surface area contributed by atoms with Gasteiger partial charge in [0.05, 0.1) is 5.92 Å². The molecule has 1 fully saturated rings. The molecule has 1 aliphatic rings. The highest BCUT2D eigenvalue weighted by Crippen LogP contribution is 2.32. The third kappa shape index (κ3) is 4.12. The van der Waals surface area contributed by atoms with Gasteiger partial charge in [0.25, 0.3) is 6.43 Å². The van der Waals surface area contributed by atoms with Crippen LogP contribution in [0.15, 0.2) is 18.3 Å². The second-order valence-electron chi connectivity index (χ2n) is 5.09. The number of carbonyl (C=O) groups is 2. The molecule has 0 saturated heterocycles. The molecule has 8 heteroatoms. The number of carbonyl (C=O) groups excluding carboxylic acids is 1. The van der Waals surface area contributed by atoms with E-state index in [-0.39, 0.29) is 23.9 Å². The van der Waals surface area contributed by atoms with E-state index < -0.39 is 30.8 Å². The Bertz CT molecular complexity index is 553. The van der Waals surface area contributed by atoms with Crippen LogP contribution in [-0.4, -0.2) is 35.0 Å². The average Bonchev–Trinajstić information content (AvgIpc) is 2.96. The van der Waals surface area contributed by atoms with Crippen LogP contribution in [0.4, 0.5) is 14.5 Å². The minimum Gasteiger partial charge on any atom is -0.481 e. The van der Waals surface area contributed by atoms with Crippen molar-refractivity contribution in [2.24, 2.45) is 11.8 Å². The fraction of sp³-hybridized carbons (Fsp3) is 0.500. The molecule has 0 aliphatic heterocycles. The number of halogens is 2. The summed E-state index contributed by atoms with van der Waals surface area (Å²) in [5.74, 6) is -2.26. The fourth-order valence-corrected chi connectivity index (χ4v) is 2.42. The van der Waals surface area contributed by atoms with Gasteiger partial charge in [-0.25, -0.2) is 13.8 Å².